The molecule has 0 aromatic rings. The Morgan fingerprint density at radius 3 is 1.19 bits per heavy atom. The number of aliphatic hydroxyl groups excluding tert-OH is 11. The van der Waals surface area contributed by atoms with Gasteiger partial charge in [0.05, 0.1) is 38.6 Å². The lowest BCUT2D eigenvalue weighted by Gasteiger charge is -2.48. The maximum Gasteiger partial charge on any atom is 0.220 e. The molecule has 536 valence electrons. The molecular formula is C75H123NO18. The summed E-state index contributed by atoms with van der Waals surface area (Å²) in [5.41, 5.74) is 0. The van der Waals surface area contributed by atoms with Crippen molar-refractivity contribution in [3.05, 3.63) is 134 Å². The van der Waals surface area contributed by atoms with Crippen LogP contribution in [0.1, 0.15) is 200 Å². The molecule has 19 heteroatoms. The molecule has 0 saturated carbocycles. The van der Waals surface area contributed by atoms with Gasteiger partial charge < -0.3 is 89.9 Å². The average molecular weight is 1330 g/mol. The number of ether oxygens (including phenoxy) is 6. The highest BCUT2D eigenvalue weighted by Crippen LogP contribution is 2.33. The van der Waals surface area contributed by atoms with Gasteiger partial charge in [-0.1, -0.05) is 218 Å². The van der Waals surface area contributed by atoms with Gasteiger partial charge in [-0.05, 0) is 109 Å². The molecule has 3 saturated heterocycles. The van der Waals surface area contributed by atoms with Crippen LogP contribution in [0.15, 0.2) is 134 Å². The molecule has 3 rings (SSSR count). The maximum absolute atomic E-state index is 13.4. The van der Waals surface area contributed by atoms with Gasteiger partial charge in [0, 0.05) is 6.42 Å². The predicted molar refractivity (Wildman–Crippen MR) is 369 cm³/mol. The lowest BCUT2D eigenvalue weighted by molar-refractivity contribution is -0.379. The first-order valence-corrected chi connectivity index (χ1v) is 35.4. The number of nitrogens with one attached hydrogen (secondary N) is 1. The number of aliphatic hydroxyl groups is 11. The summed E-state index contributed by atoms with van der Waals surface area (Å²) in [6, 6.07) is -1.02. The molecule has 19 nitrogen and oxygen atoms in total. The van der Waals surface area contributed by atoms with E-state index in [2.05, 4.69) is 141 Å². The van der Waals surface area contributed by atoms with Crippen LogP contribution in [0.5, 0.6) is 0 Å². The van der Waals surface area contributed by atoms with E-state index in [0.29, 0.717) is 12.8 Å². The van der Waals surface area contributed by atoms with E-state index >= 15 is 0 Å². The topological polar surface area (TPSA) is 307 Å². The molecule has 0 bridgehead atoms. The summed E-state index contributed by atoms with van der Waals surface area (Å²) in [5.74, 6) is -0.311. The van der Waals surface area contributed by atoms with E-state index in [1.54, 1.807) is 6.08 Å². The number of unbranched alkanes of at least 4 members (excludes halogenated alkanes) is 16. The average Bonchev–Trinajstić information content (AvgIpc) is 0.787. The number of carbonyl (C=O) groups excluding carboxylic acids is 1. The standard InChI is InChI=1S/C75H123NO18/c1-3-5-7-9-11-13-15-17-19-21-23-24-25-26-27-28-29-30-31-32-33-34-35-37-39-41-43-45-47-49-51-53-63(81)76-58(59(80)52-50-48-46-44-42-40-38-36-22-20-18-16-14-12-10-8-6-4-2)57-89-73-69(87)66(84)71(61(55-78)91-73)94-75-70(88)67(85)72(62(56-79)92-75)93-74-68(86)65(83)64(82)60(54-77)90-74/h5,7,11,13,17,19,22-24,26-27,29-30,32-33,35-37,42,44,50,52,58-62,64-75,77-80,82-88H,3-4,6,8-10,12,14-16,18,20-21,25,28,31,34,38-41,43,45-49,51,53-57H2,1-2H3,(H,76,81)/b7-5-,13-11-,19-17-,24-23-,27-26-,30-29-,33-32-,36-22+,37-35-,44-42+,52-50+. The Balaban J connectivity index is 1.44. The molecule has 3 aliphatic rings. The molecule has 0 spiro atoms. The summed E-state index contributed by atoms with van der Waals surface area (Å²) < 4.78 is 34.3. The van der Waals surface area contributed by atoms with Crippen molar-refractivity contribution in [1.82, 2.24) is 5.32 Å². The number of allylic oxidation sites excluding steroid dienone is 21. The monoisotopic (exact) mass is 1330 g/mol. The van der Waals surface area contributed by atoms with Crippen molar-refractivity contribution in [1.29, 1.82) is 0 Å². The van der Waals surface area contributed by atoms with Crippen LogP contribution in [0.3, 0.4) is 0 Å². The van der Waals surface area contributed by atoms with E-state index in [4.69, 9.17) is 28.4 Å². The second-order valence-corrected chi connectivity index (χ2v) is 24.6. The van der Waals surface area contributed by atoms with Gasteiger partial charge in [0.25, 0.3) is 0 Å². The second-order valence-electron chi connectivity index (χ2n) is 24.6. The summed E-state index contributed by atoms with van der Waals surface area (Å²) in [5, 5.41) is 120. The van der Waals surface area contributed by atoms with Gasteiger partial charge in [-0.15, -0.1) is 0 Å². The van der Waals surface area contributed by atoms with Gasteiger partial charge in [-0.3, -0.25) is 4.79 Å². The van der Waals surface area contributed by atoms with Crippen LogP contribution >= 0.6 is 0 Å². The van der Waals surface area contributed by atoms with Crippen LogP contribution in [0, 0.1) is 0 Å². The lowest BCUT2D eigenvalue weighted by atomic mass is 9.96. The van der Waals surface area contributed by atoms with Crippen molar-refractivity contribution < 1.29 is 89.4 Å². The number of carbonyl (C=O) groups is 1. The van der Waals surface area contributed by atoms with Crippen LogP contribution < -0.4 is 5.32 Å². The summed E-state index contributed by atoms with van der Waals surface area (Å²) in [6.45, 7) is 1.55. The van der Waals surface area contributed by atoms with Crippen LogP contribution in [0.2, 0.25) is 0 Å². The maximum atomic E-state index is 13.4. The molecule has 0 aliphatic carbocycles. The van der Waals surface area contributed by atoms with E-state index in [1.807, 2.05) is 6.08 Å². The van der Waals surface area contributed by atoms with Crippen LogP contribution in [0.25, 0.3) is 0 Å². The molecule has 17 atom stereocenters. The molecule has 3 aliphatic heterocycles. The Labute approximate surface area is 562 Å². The zero-order chi connectivity index (χ0) is 68.2. The van der Waals surface area contributed by atoms with Crippen LogP contribution in [-0.4, -0.2) is 193 Å². The van der Waals surface area contributed by atoms with Gasteiger partial charge in [0.2, 0.25) is 5.91 Å². The van der Waals surface area contributed by atoms with E-state index in [-0.39, 0.29) is 18.9 Å². The molecule has 0 radical (unpaired) electrons. The number of hydrogen-bond acceptors (Lipinski definition) is 18. The minimum atomic E-state index is -1.99. The van der Waals surface area contributed by atoms with Gasteiger partial charge in [0.1, 0.15) is 73.2 Å². The Morgan fingerprint density at radius 1 is 0.394 bits per heavy atom. The second kappa shape index (κ2) is 54.9. The van der Waals surface area contributed by atoms with Crippen molar-refractivity contribution >= 4 is 5.91 Å². The summed E-state index contributed by atoms with van der Waals surface area (Å²) in [7, 11) is 0. The largest absolute Gasteiger partial charge is 0.394 e. The molecule has 3 fully saturated rings. The Hall–Kier alpha value is -4.07. The molecule has 1 amide bonds. The summed E-state index contributed by atoms with van der Waals surface area (Å²) >= 11 is 0. The highest BCUT2D eigenvalue weighted by atomic mass is 16.8. The zero-order valence-corrected chi connectivity index (χ0v) is 56.6. The fraction of sp³-hybridized carbons (Fsp3) is 0.693. The van der Waals surface area contributed by atoms with E-state index in [1.165, 1.54) is 51.4 Å². The normalized spacial score (nSPS) is 28.2. The van der Waals surface area contributed by atoms with Gasteiger partial charge in [0.15, 0.2) is 18.9 Å². The van der Waals surface area contributed by atoms with Crippen LogP contribution in [-0.2, 0) is 33.2 Å². The Bertz CT molecular complexity index is 2220. The van der Waals surface area contributed by atoms with Crippen molar-refractivity contribution in [2.45, 2.75) is 304 Å². The van der Waals surface area contributed by atoms with E-state index in [0.717, 1.165) is 116 Å². The fourth-order valence-corrected chi connectivity index (χ4v) is 10.9. The molecule has 0 aromatic carbocycles. The summed E-state index contributed by atoms with van der Waals surface area (Å²) in [6.07, 6.45) is 49.9. The highest BCUT2D eigenvalue weighted by molar-refractivity contribution is 5.76. The minimum absolute atomic E-state index is 0.205. The Morgan fingerprint density at radius 2 is 0.745 bits per heavy atom. The van der Waals surface area contributed by atoms with Crippen molar-refractivity contribution in [2.24, 2.45) is 0 Å². The first-order valence-electron chi connectivity index (χ1n) is 35.4. The number of rotatable bonds is 52. The first kappa shape index (κ1) is 84.2. The quantitative estimate of drug-likeness (QED) is 0.0199. The number of amides is 1. The third-order valence-electron chi connectivity index (χ3n) is 16.7. The molecule has 3 heterocycles. The van der Waals surface area contributed by atoms with Crippen LogP contribution in [0.4, 0.5) is 0 Å². The smallest absolute Gasteiger partial charge is 0.220 e. The third-order valence-corrected chi connectivity index (χ3v) is 16.7. The lowest BCUT2D eigenvalue weighted by Crippen LogP contribution is -2.66. The minimum Gasteiger partial charge on any atom is -0.394 e. The van der Waals surface area contributed by atoms with Gasteiger partial charge >= 0.3 is 0 Å². The van der Waals surface area contributed by atoms with Crippen molar-refractivity contribution in [3.63, 3.8) is 0 Å². The Kier molecular flexibility index (Phi) is 49.1. The van der Waals surface area contributed by atoms with Gasteiger partial charge in [-0.2, -0.15) is 0 Å². The van der Waals surface area contributed by atoms with E-state index in [9.17, 15) is 61.0 Å². The highest BCUT2D eigenvalue weighted by Gasteiger charge is 2.53. The first-order chi connectivity index (χ1) is 45.8. The molecule has 12 N–H and O–H groups in total. The molecular weight excluding hydrogens is 1200 g/mol. The predicted octanol–water partition coefficient (Wildman–Crippen LogP) is 9.77. The zero-order valence-electron chi connectivity index (χ0n) is 56.6. The fourth-order valence-electron chi connectivity index (χ4n) is 10.9. The molecule has 17 unspecified atom stereocenters. The number of hydrogen-bond donors (Lipinski definition) is 12. The summed E-state index contributed by atoms with van der Waals surface area (Å²) in [4.78, 5) is 13.4. The van der Waals surface area contributed by atoms with E-state index < -0.39 is 124 Å². The molecule has 94 heavy (non-hydrogen) atoms. The van der Waals surface area contributed by atoms with Crippen molar-refractivity contribution in [3.8, 4) is 0 Å². The SMILES string of the molecule is CC/C=C\C/C=C\C/C=C\C/C=C\C/C=C\C/C=C\C/C=C\C/C=C\CCCCCCCCC(=O)NC(COC1OC(CO)C(OC2OC(CO)C(OC3OC(CO)C(O)C(O)C3O)C(O)C2O)C(O)C1O)C(O)/C=C/CC/C=C/CC/C=C/CCCCCCCCCC. The van der Waals surface area contributed by atoms with Gasteiger partial charge in [-0.25, -0.2) is 0 Å². The molecule has 0 aromatic heterocycles. The van der Waals surface area contributed by atoms with Crippen molar-refractivity contribution in [2.75, 3.05) is 26.4 Å². The third kappa shape index (κ3) is 36.0.